The molecule has 2 fully saturated rings. The lowest BCUT2D eigenvalue weighted by molar-refractivity contribution is -0.384. The number of nitro benzene ring substituents is 1. The summed E-state index contributed by atoms with van der Waals surface area (Å²) in [6.45, 7) is 6.47. The number of benzene rings is 2. The SMILES string of the molecule is CC1CCN(c2ccccc2NC(=S)NC(=O)c2cc([N+](=O)[O-])ccc2N2CCOCC2)CC1. The number of ether oxygens (including phenoxy) is 1. The van der Waals surface area contributed by atoms with Crippen molar-refractivity contribution >= 4 is 46.0 Å². The molecular formula is C24H29N5O4S. The van der Waals surface area contributed by atoms with Crippen molar-refractivity contribution < 1.29 is 14.5 Å². The molecule has 2 aromatic carbocycles. The third kappa shape index (κ3) is 5.63. The fourth-order valence-electron chi connectivity index (χ4n) is 4.33. The molecule has 0 aliphatic carbocycles. The Balaban J connectivity index is 1.51. The van der Waals surface area contributed by atoms with Gasteiger partial charge < -0.3 is 19.9 Å². The molecule has 180 valence electrons. The number of hydrogen-bond acceptors (Lipinski definition) is 7. The van der Waals surface area contributed by atoms with Crippen LogP contribution in [0.15, 0.2) is 42.5 Å². The van der Waals surface area contributed by atoms with Crippen LogP contribution >= 0.6 is 12.2 Å². The summed E-state index contributed by atoms with van der Waals surface area (Å²) in [4.78, 5) is 28.3. The number of piperidine rings is 1. The van der Waals surface area contributed by atoms with Crippen molar-refractivity contribution in [1.29, 1.82) is 0 Å². The number of carbonyl (C=O) groups excluding carboxylic acids is 1. The van der Waals surface area contributed by atoms with E-state index >= 15 is 0 Å². The maximum Gasteiger partial charge on any atom is 0.270 e. The van der Waals surface area contributed by atoms with Gasteiger partial charge in [0.1, 0.15) is 0 Å². The highest BCUT2D eigenvalue weighted by Gasteiger charge is 2.23. The molecular weight excluding hydrogens is 454 g/mol. The lowest BCUT2D eigenvalue weighted by atomic mass is 9.98. The first-order chi connectivity index (χ1) is 16.4. The van der Waals surface area contributed by atoms with Crippen LogP contribution in [0.3, 0.4) is 0 Å². The maximum absolute atomic E-state index is 13.2. The van der Waals surface area contributed by atoms with Crippen molar-refractivity contribution in [3.05, 3.63) is 58.1 Å². The second kappa shape index (κ2) is 10.8. The van der Waals surface area contributed by atoms with E-state index in [1.165, 1.54) is 12.1 Å². The fourth-order valence-corrected chi connectivity index (χ4v) is 4.53. The van der Waals surface area contributed by atoms with E-state index < -0.39 is 10.8 Å². The zero-order valence-corrected chi connectivity index (χ0v) is 20.0. The van der Waals surface area contributed by atoms with Crippen LogP contribution in [0.4, 0.5) is 22.7 Å². The van der Waals surface area contributed by atoms with E-state index in [9.17, 15) is 14.9 Å². The Kier molecular flexibility index (Phi) is 7.59. The second-order valence-corrected chi connectivity index (χ2v) is 9.06. The summed E-state index contributed by atoms with van der Waals surface area (Å²) in [5.41, 5.74) is 2.53. The molecule has 1 amide bonds. The Hall–Kier alpha value is -3.24. The van der Waals surface area contributed by atoms with Crippen molar-refractivity contribution in [3.8, 4) is 0 Å². The minimum atomic E-state index is -0.508. The minimum absolute atomic E-state index is 0.141. The third-order valence-corrected chi connectivity index (χ3v) is 6.50. The summed E-state index contributed by atoms with van der Waals surface area (Å²) in [5.74, 6) is 0.222. The smallest absolute Gasteiger partial charge is 0.270 e. The minimum Gasteiger partial charge on any atom is -0.378 e. The molecule has 0 spiro atoms. The van der Waals surface area contributed by atoms with Gasteiger partial charge in [0.2, 0.25) is 0 Å². The normalized spacial score (nSPS) is 16.7. The molecule has 0 radical (unpaired) electrons. The average Bonchev–Trinajstić information content (AvgIpc) is 2.85. The number of non-ortho nitro benzene ring substituents is 1. The van der Waals surface area contributed by atoms with E-state index in [0.29, 0.717) is 37.9 Å². The van der Waals surface area contributed by atoms with Gasteiger partial charge in [0.25, 0.3) is 11.6 Å². The van der Waals surface area contributed by atoms with Crippen molar-refractivity contribution in [3.63, 3.8) is 0 Å². The van der Waals surface area contributed by atoms with Gasteiger partial charge in [-0.1, -0.05) is 19.1 Å². The average molecular weight is 484 g/mol. The van der Waals surface area contributed by atoms with Crippen LogP contribution in [0.1, 0.15) is 30.1 Å². The molecule has 2 aliphatic heterocycles. The number of para-hydroxylation sites is 2. The quantitative estimate of drug-likeness (QED) is 0.376. The first kappa shape index (κ1) is 23.9. The van der Waals surface area contributed by atoms with Gasteiger partial charge in [-0.3, -0.25) is 20.2 Å². The number of anilines is 3. The number of nitro groups is 1. The van der Waals surface area contributed by atoms with E-state index in [1.807, 2.05) is 29.2 Å². The van der Waals surface area contributed by atoms with Crippen LogP contribution in [0.5, 0.6) is 0 Å². The maximum atomic E-state index is 13.2. The predicted octanol–water partition coefficient (Wildman–Crippen LogP) is 3.79. The molecule has 2 aromatic rings. The Morgan fingerprint density at radius 1 is 1.06 bits per heavy atom. The summed E-state index contributed by atoms with van der Waals surface area (Å²) in [6.07, 6.45) is 2.26. The van der Waals surface area contributed by atoms with Crippen LogP contribution in [0.25, 0.3) is 0 Å². The van der Waals surface area contributed by atoms with Crippen molar-refractivity contribution in [2.24, 2.45) is 5.92 Å². The van der Waals surface area contributed by atoms with E-state index in [2.05, 4.69) is 22.5 Å². The van der Waals surface area contributed by atoms with Gasteiger partial charge in [-0.15, -0.1) is 0 Å². The Morgan fingerprint density at radius 3 is 2.44 bits per heavy atom. The topological polar surface area (TPSA) is 100.0 Å². The molecule has 4 rings (SSSR count). The van der Waals surface area contributed by atoms with Crippen LogP contribution < -0.4 is 20.4 Å². The summed E-state index contributed by atoms with van der Waals surface area (Å²) < 4.78 is 5.40. The van der Waals surface area contributed by atoms with Gasteiger partial charge in [-0.2, -0.15) is 0 Å². The van der Waals surface area contributed by atoms with E-state index in [1.54, 1.807) is 6.07 Å². The highest BCUT2D eigenvalue weighted by atomic mass is 32.1. The molecule has 0 aromatic heterocycles. The van der Waals surface area contributed by atoms with Crippen LogP contribution in [-0.2, 0) is 4.74 Å². The van der Waals surface area contributed by atoms with Gasteiger partial charge in [-0.05, 0) is 49.2 Å². The van der Waals surface area contributed by atoms with E-state index in [0.717, 1.165) is 37.3 Å². The van der Waals surface area contributed by atoms with Crippen molar-refractivity contribution in [1.82, 2.24) is 5.32 Å². The molecule has 2 N–H and O–H groups in total. The van der Waals surface area contributed by atoms with E-state index in [-0.39, 0.29) is 16.4 Å². The lowest BCUT2D eigenvalue weighted by Crippen LogP contribution is -2.39. The first-order valence-corrected chi connectivity index (χ1v) is 11.9. The van der Waals surface area contributed by atoms with Gasteiger partial charge in [-0.25, -0.2) is 0 Å². The summed E-state index contributed by atoms with van der Waals surface area (Å²) in [6, 6.07) is 12.2. The van der Waals surface area contributed by atoms with Gasteiger partial charge in [0.05, 0.1) is 40.8 Å². The van der Waals surface area contributed by atoms with E-state index in [4.69, 9.17) is 17.0 Å². The molecule has 0 atom stereocenters. The van der Waals surface area contributed by atoms with Crippen LogP contribution in [0.2, 0.25) is 0 Å². The monoisotopic (exact) mass is 483 g/mol. The molecule has 0 saturated carbocycles. The first-order valence-electron chi connectivity index (χ1n) is 11.5. The van der Waals surface area contributed by atoms with Crippen molar-refractivity contribution in [2.75, 3.05) is 54.5 Å². The predicted molar refractivity (Wildman–Crippen MR) is 137 cm³/mol. The molecule has 0 bridgehead atoms. The van der Waals surface area contributed by atoms with Crippen LogP contribution in [0, 0.1) is 16.0 Å². The molecule has 2 aliphatic rings. The lowest BCUT2D eigenvalue weighted by Gasteiger charge is -2.33. The third-order valence-electron chi connectivity index (χ3n) is 6.29. The number of thiocarbonyl (C=S) groups is 1. The Labute approximate surface area is 204 Å². The molecule has 0 unspecified atom stereocenters. The van der Waals surface area contributed by atoms with Gasteiger partial charge in [0, 0.05) is 38.3 Å². The van der Waals surface area contributed by atoms with Gasteiger partial charge in [0.15, 0.2) is 5.11 Å². The van der Waals surface area contributed by atoms with Crippen LogP contribution in [-0.4, -0.2) is 55.3 Å². The number of carbonyl (C=O) groups is 1. The second-order valence-electron chi connectivity index (χ2n) is 8.65. The highest BCUT2D eigenvalue weighted by Crippen LogP contribution is 2.30. The largest absolute Gasteiger partial charge is 0.378 e. The number of nitrogens with one attached hydrogen (secondary N) is 2. The number of hydrogen-bond donors (Lipinski definition) is 2. The molecule has 9 nitrogen and oxygen atoms in total. The molecule has 34 heavy (non-hydrogen) atoms. The summed E-state index contributed by atoms with van der Waals surface area (Å²) >= 11 is 5.45. The highest BCUT2D eigenvalue weighted by molar-refractivity contribution is 7.80. The Bertz CT molecular complexity index is 1070. The number of rotatable bonds is 5. The summed E-state index contributed by atoms with van der Waals surface area (Å²) in [7, 11) is 0. The number of nitrogens with zero attached hydrogens (tertiary/aromatic N) is 3. The van der Waals surface area contributed by atoms with Crippen molar-refractivity contribution in [2.45, 2.75) is 19.8 Å². The zero-order chi connectivity index (χ0) is 24.1. The standard InChI is InChI=1S/C24H29N5O4S/c1-17-8-10-27(11-9-17)22-5-3-2-4-20(22)25-24(34)26-23(30)19-16-18(29(31)32)6-7-21(19)28-12-14-33-15-13-28/h2-7,16-17H,8-15H2,1H3,(H2,25,26,30,34). The number of morpholine rings is 1. The Morgan fingerprint density at radius 2 is 1.74 bits per heavy atom. The number of amides is 1. The molecule has 2 saturated heterocycles. The fraction of sp³-hybridized carbons (Fsp3) is 0.417. The molecule has 10 heteroatoms. The zero-order valence-electron chi connectivity index (χ0n) is 19.2. The summed E-state index contributed by atoms with van der Waals surface area (Å²) in [5, 5.41) is 17.3. The molecule has 2 heterocycles. The van der Waals surface area contributed by atoms with Gasteiger partial charge >= 0.3 is 0 Å².